The lowest BCUT2D eigenvalue weighted by molar-refractivity contribution is -0.132. The molecule has 4 nitrogen and oxygen atoms in total. The van der Waals surface area contributed by atoms with Crippen LogP contribution in [0.15, 0.2) is 0 Å². The maximum Gasteiger partial charge on any atom is 0.236 e. The molecule has 1 heterocycles. The zero-order chi connectivity index (χ0) is 10.7. The minimum atomic E-state index is 0.221. The van der Waals surface area contributed by atoms with E-state index in [0.717, 1.165) is 13.0 Å². The highest BCUT2D eigenvalue weighted by Crippen LogP contribution is 2.21. The van der Waals surface area contributed by atoms with Crippen molar-refractivity contribution in [3.05, 3.63) is 0 Å². The van der Waals surface area contributed by atoms with E-state index in [-0.39, 0.29) is 5.91 Å². The number of hydrogen-bond donors (Lipinski definition) is 1. The van der Waals surface area contributed by atoms with E-state index in [9.17, 15) is 4.79 Å². The molecule has 0 saturated carbocycles. The van der Waals surface area contributed by atoms with Crippen molar-refractivity contribution in [1.29, 1.82) is 0 Å². The van der Waals surface area contributed by atoms with Gasteiger partial charge in [0, 0.05) is 12.6 Å². The smallest absolute Gasteiger partial charge is 0.236 e. The molecule has 1 aliphatic rings. The molecule has 0 aliphatic carbocycles. The maximum atomic E-state index is 11.8. The number of amides is 1. The van der Waals surface area contributed by atoms with Crippen LogP contribution in [0.3, 0.4) is 0 Å². The van der Waals surface area contributed by atoms with E-state index in [1.807, 2.05) is 23.9 Å². The summed E-state index contributed by atoms with van der Waals surface area (Å²) in [6.45, 7) is 4.13. The first-order valence-corrected chi connectivity index (χ1v) is 5.18. The Morgan fingerprint density at radius 1 is 1.57 bits per heavy atom. The van der Waals surface area contributed by atoms with Gasteiger partial charge in [-0.15, -0.1) is 0 Å². The van der Waals surface area contributed by atoms with Crippen molar-refractivity contribution in [3.63, 3.8) is 0 Å². The minimum Gasteiger partial charge on any atom is -0.339 e. The second-order valence-corrected chi connectivity index (χ2v) is 4.47. The lowest BCUT2D eigenvalue weighted by atomic mass is 10.1. The van der Waals surface area contributed by atoms with Crippen molar-refractivity contribution in [2.45, 2.75) is 19.4 Å². The van der Waals surface area contributed by atoms with Crippen LogP contribution in [0.25, 0.3) is 0 Å². The Labute approximate surface area is 86.0 Å². The van der Waals surface area contributed by atoms with Crippen molar-refractivity contribution in [2.24, 2.45) is 11.7 Å². The van der Waals surface area contributed by atoms with Gasteiger partial charge in [0.05, 0.1) is 6.54 Å². The molecule has 2 N–H and O–H groups in total. The van der Waals surface area contributed by atoms with Gasteiger partial charge < -0.3 is 15.5 Å². The molecular weight excluding hydrogens is 178 g/mol. The van der Waals surface area contributed by atoms with E-state index in [0.29, 0.717) is 25.0 Å². The summed E-state index contributed by atoms with van der Waals surface area (Å²) >= 11 is 0. The third-order valence-electron chi connectivity index (χ3n) is 2.77. The van der Waals surface area contributed by atoms with E-state index in [1.54, 1.807) is 0 Å². The fraction of sp³-hybridized carbons (Fsp3) is 0.900. The number of hydrogen-bond acceptors (Lipinski definition) is 3. The number of rotatable bonds is 3. The fourth-order valence-corrected chi connectivity index (χ4v) is 2.02. The number of likely N-dealkylation sites (N-methyl/N-ethyl adjacent to an activating group) is 1. The van der Waals surface area contributed by atoms with Crippen LogP contribution in [0.5, 0.6) is 0 Å². The Morgan fingerprint density at radius 2 is 2.21 bits per heavy atom. The summed E-state index contributed by atoms with van der Waals surface area (Å²) in [6.07, 6.45) is 1.05. The molecule has 0 radical (unpaired) electrons. The van der Waals surface area contributed by atoms with Crippen LogP contribution >= 0.6 is 0 Å². The van der Waals surface area contributed by atoms with Gasteiger partial charge in [0.2, 0.25) is 5.91 Å². The Balaban J connectivity index is 2.48. The summed E-state index contributed by atoms with van der Waals surface area (Å²) in [5.41, 5.74) is 5.61. The SMILES string of the molecule is CC1CC(CN)CN1C(=O)CN(C)C. The van der Waals surface area contributed by atoms with Gasteiger partial charge in [0.25, 0.3) is 0 Å². The average Bonchev–Trinajstić information content (AvgIpc) is 2.45. The minimum absolute atomic E-state index is 0.221. The maximum absolute atomic E-state index is 11.8. The molecule has 1 aliphatic heterocycles. The summed E-state index contributed by atoms with van der Waals surface area (Å²) in [6, 6.07) is 0.357. The predicted molar refractivity (Wildman–Crippen MR) is 56.9 cm³/mol. The van der Waals surface area contributed by atoms with E-state index in [2.05, 4.69) is 6.92 Å². The van der Waals surface area contributed by atoms with Crippen LogP contribution in [0.4, 0.5) is 0 Å². The average molecular weight is 199 g/mol. The standard InChI is InChI=1S/C10H21N3O/c1-8-4-9(5-11)6-13(8)10(14)7-12(2)3/h8-9H,4-7,11H2,1-3H3. The van der Waals surface area contributed by atoms with Crippen molar-refractivity contribution in [2.75, 3.05) is 33.7 Å². The summed E-state index contributed by atoms with van der Waals surface area (Å²) in [4.78, 5) is 15.6. The highest BCUT2D eigenvalue weighted by atomic mass is 16.2. The van der Waals surface area contributed by atoms with Crippen LogP contribution in [0.2, 0.25) is 0 Å². The molecule has 1 saturated heterocycles. The molecule has 14 heavy (non-hydrogen) atoms. The first kappa shape index (κ1) is 11.5. The number of carbonyl (C=O) groups excluding carboxylic acids is 1. The third-order valence-corrected chi connectivity index (χ3v) is 2.77. The van der Waals surface area contributed by atoms with Gasteiger partial charge in [0.1, 0.15) is 0 Å². The zero-order valence-corrected chi connectivity index (χ0v) is 9.36. The summed E-state index contributed by atoms with van der Waals surface area (Å²) in [7, 11) is 3.83. The van der Waals surface area contributed by atoms with Crippen LogP contribution in [-0.2, 0) is 4.79 Å². The third kappa shape index (κ3) is 2.69. The van der Waals surface area contributed by atoms with Gasteiger partial charge in [-0.05, 0) is 39.9 Å². The Hall–Kier alpha value is -0.610. The summed E-state index contributed by atoms with van der Waals surface area (Å²) < 4.78 is 0. The Morgan fingerprint density at radius 3 is 2.64 bits per heavy atom. The van der Waals surface area contributed by atoms with E-state index < -0.39 is 0 Å². The van der Waals surface area contributed by atoms with Crippen LogP contribution in [-0.4, -0.2) is 55.5 Å². The topological polar surface area (TPSA) is 49.6 Å². The second kappa shape index (κ2) is 4.75. The molecular formula is C10H21N3O. The molecule has 0 aromatic carbocycles. The highest BCUT2D eigenvalue weighted by molar-refractivity contribution is 5.78. The van der Waals surface area contributed by atoms with Gasteiger partial charge >= 0.3 is 0 Å². The molecule has 2 atom stereocenters. The molecule has 2 unspecified atom stereocenters. The van der Waals surface area contributed by atoms with Gasteiger partial charge in [-0.1, -0.05) is 0 Å². The van der Waals surface area contributed by atoms with Crippen LogP contribution < -0.4 is 5.73 Å². The molecule has 1 amide bonds. The van der Waals surface area contributed by atoms with Crippen molar-refractivity contribution >= 4 is 5.91 Å². The lowest BCUT2D eigenvalue weighted by Crippen LogP contribution is -2.40. The van der Waals surface area contributed by atoms with Gasteiger partial charge in [0.15, 0.2) is 0 Å². The first-order chi connectivity index (χ1) is 6.54. The highest BCUT2D eigenvalue weighted by Gasteiger charge is 2.31. The van der Waals surface area contributed by atoms with Crippen molar-refractivity contribution in [1.82, 2.24) is 9.80 Å². The van der Waals surface area contributed by atoms with E-state index in [1.165, 1.54) is 0 Å². The molecule has 82 valence electrons. The largest absolute Gasteiger partial charge is 0.339 e. The monoisotopic (exact) mass is 199 g/mol. The number of nitrogens with two attached hydrogens (primary N) is 1. The Bertz CT molecular complexity index is 206. The zero-order valence-electron chi connectivity index (χ0n) is 9.36. The van der Waals surface area contributed by atoms with Crippen molar-refractivity contribution < 1.29 is 4.79 Å². The number of nitrogens with zero attached hydrogens (tertiary/aromatic N) is 2. The van der Waals surface area contributed by atoms with Crippen LogP contribution in [0.1, 0.15) is 13.3 Å². The lowest BCUT2D eigenvalue weighted by Gasteiger charge is -2.23. The first-order valence-electron chi connectivity index (χ1n) is 5.18. The van der Waals surface area contributed by atoms with Gasteiger partial charge in [-0.2, -0.15) is 0 Å². The molecule has 0 aromatic heterocycles. The second-order valence-electron chi connectivity index (χ2n) is 4.47. The molecule has 0 spiro atoms. The number of carbonyl (C=O) groups is 1. The van der Waals surface area contributed by atoms with Crippen molar-refractivity contribution in [3.8, 4) is 0 Å². The fourth-order valence-electron chi connectivity index (χ4n) is 2.02. The summed E-state index contributed by atoms with van der Waals surface area (Å²) in [5, 5.41) is 0. The van der Waals surface area contributed by atoms with Gasteiger partial charge in [-0.3, -0.25) is 4.79 Å². The summed E-state index contributed by atoms with van der Waals surface area (Å²) in [5.74, 6) is 0.717. The quantitative estimate of drug-likeness (QED) is 0.681. The molecule has 0 bridgehead atoms. The predicted octanol–water partition coefficient (Wildman–Crippen LogP) is -0.256. The molecule has 1 fully saturated rings. The van der Waals surface area contributed by atoms with E-state index in [4.69, 9.17) is 5.73 Å². The van der Waals surface area contributed by atoms with Crippen LogP contribution in [0, 0.1) is 5.92 Å². The van der Waals surface area contributed by atoms with Gasteiger partial charge in [-0.25, -0.2) is 0 Å². The normalized spacial score (nSPS) is 27.4. The number of likely N-dealkylation sites (tertiary alicyclic amines) is 1. The molecule has 4 heteroatoms. The van der Waals surface area contributed by atoms with E-state index >= 15 is 0 Å². The Kier molecular flexibility index (Phi) is 3.89. The molecule has 1 rings (SSSR count). The molecule has 0 aromatic rings.